The molecule has 0 aliphatic heterocycles. The second kappa shape index (κ2) is 7.42. The molecule has 0 aliphatic rings. The molecule has 2 rings (SSSR count). The zero-order valence-electron chi connectivity index (χ0n) is 12.4. The number of aromatic nitrogens is 2. The standard InChI is InChI=1S/C15H19Br2N3O/c1-4-7-20-15(12(17)9-19-20)14(18-2)10-5-6-13(21-3)11(16)8-10/h5-6,8-9,14,18H,4,7H2,1-3H3. The summed E-state index contributed by atoms with van der Waals surface area (Å²) >= 11 is 7.16. The third-order valence-electron chi connectivity index (χ3n) is 3.34. The fraction of sp³-hybridized carbons (Fsp3) is 0.400. The van der Waals surface area contributed by atoms with E-state index in [1.807, 2.05) is 24.0 Å². The third-order valence-corrected chi connectivity index (χ3v) is 4.57. The minimum atomic E-state index is 0.0654. The van der Waals surface area contributed by atoms with Crippen LogP contribution in [0.25, 0.3) is 0 Å². The number of nitrogens with one attached hydrogen (secondary N) is 1. The monoisotopic (exact) mass is 415 g/mol. The summed E-state index contributed by atoms with van der Waals surface area (Å²) in [4.78, 5) is 0. The van der Waals surface area contributed by atoms with Crippen LogP contribution in [-0.2, 0) is 6.54 Å². The summed E-state index contributed by atoms with van der Waals surface area (Å²) in [6.07, 6.45) is 2.90. The van der Waals surface area contributed by atoms with Gasteiger partial charge in [0.1, 0.15) is 5.75 Å². The number of halogens is 2. The highest BCUT2D eigenvalue weighted by atomic mass is 79.9. The molecule has 1 unspecified atom stereocenters. The molecule has 0 saturated heterocycles. The molecule has 1 N–H and O–H groups in total. The Morgan fingerprint density at radius 2 is 2.10 bits per heavy atom. The van der Waals surface area contributed by atoms with Crippen molar-refractivity contribution >= 4 is 31.9 Å². The first kappa shape index (κ1) is 16.5. The molecule has 0 saturated carbocycles. The molecule has 1 aromatic heterocycles. The number of methoxy groups -OCH3 is 1. The fourth-order valence-corrected chi connectivity index (χ4v) is 3.46. The van der Waals surface area contributed by atoms with Gasteiger partial charge in [-0.2, -0.15) is 5.10 Å². The lowest BCUT2D eigenvalue weighted by Crippen LogP contribution is -2.22. The molecule has 0 fully saturated rings. The van der Waals surface area contributed by atoms with Crippen molar-refractivity contribution in [3.63, 3.8) is 0 Å². The van der Waals surface area contributed by atoms with Gasteiger partial charge in [-0.05, 0) is 63.0 Å². The van der Waals surface area contributed by atoms with Crippen LogP contribution >= 0.6 is 31.9 Å². The van der Waals surface area contributed by atoms with Crippen LogP contribution in [0.3, 0.4) is 0 Å². The van der Waals surface area contributed by atoms with Gasteiger partial charge >= 0.3 is 0 Å². The van der Waals surface area contributed by atoms with Crippen LogP contribution in [0.5, 0.6) is 5.75 Å². The van der Waals surface area contributed by atoms with Gasteiger partial charge in [-0.3, -0.25) is 4.68 Å². The highest BCUT2D eigenvalue weighted by Gasteiger charge is 2.21. The van der Waals surface area contributed by atoms with Crippen LogP contribution < -0.4 is 10.1 Å². The van der Waals surface area contributed by atoms with Gasteiger partial charge in [0.05, 0.1) is 34.0 Å². The number of aryl methyl sites for hydroxylation is 1. The second-order valence-corrected chi connectivity index (χ2v) is 6.43. The third kappa shape index (κ3) is 3.49. The van der Waals surface area contributed by atoms with E-state index >= 15 is 0 Å². The topological polar surface area (TPSA) is 39.1 Å². The molecular formula is C15H19Br2N3O. The Labute approximate surface area is 142 Å². The highest BCUT2D eigenvalue weighted by Crippen LogP contribution is 2.33. The second-order valence-electron chi connectivity index (χ2n) is 4.72. The van der Waals surface area contributed by atoms with Crippen molar-refractivity contribution in [2.24, 2.45) is 0 Å². The van der Waals surface area contributed by atoms with E-state index in [4.69, 9.17) is 4.74 Å². The Balaban J connectivity index is 2.44. The Kier molecular flexibility index (Phi) is 5.84. The normalized spacial score (nSPS) is 12.4. The van der Waals surface area contributed by atoms with Crippen molar-refractivity contribution in [2.75, 3.05) is 14.2 Å². The molecule has 1 aromatic carbocycles. The fourth-order valence-electron chi connectivity index (χ4n) is 2.37. The zero-order chi connectivity index (χ0) is 15.4. The van der Waals surface area contributed by atoms with E-state index < -0.39 is 0 Å². The van der Waals surface area contributed by atoms with E-state index in [2.05, 4.69) is 61.3 Å². The molecule has 0 aliphatic carbocycles. The molecule has 6 heteroatoms. The SMILES string of the molecule is CCCn1ncc(Br)c1C(NC)c1ccc(OC)c(Br)c1. The molecule has 4 nitrogen and oxygen atoms in total. The summed E-state index contributed by atoms with van der Waals surface area (Å²) in [6.45, 7) is 3.05. The van der Waals surface area contributed by atoms with Crippen LogP contribution in [0.2, 0.25) is 0 Å². The Morgan fingerprint density at radius 3 is 2.67 bits per heavy atom. The van der Waals surface area contributed by atoms with E-state index in [0.717, 1.165) is 38.9 Å². The van der Waals surface area contributed by atoms with E-state index in [-0.39, 0.29) is 6.04 Å². The van der Waals surface area contributed by atoms with E-state index in [9.17, 15) is 0 Å². The molecule has 1 heterocycles. The molecule has 0 spiro atoms. The maximum absolute atomic E-state index is 5.30. The first-order chi connectivity index (χ1) is 10.1. The van der Waals surface area contributed by atoms with Crippen molar-refractivity contribution in [3.05, 3.63) is 44.6 Å². The predicted molar refractivity (Wildman–Crippen MR) is 91.8 cm³/mol. The molecule has 1 atom stereocenters. The molecule has 0 amide bonds. The van der Waals surface area contributed by atoms with Gasteiger partial charge in [0.2, 0.25) is 0 Å². The summed E-state index contributed by atoms with van der Waals surface area (Å²) in [5.74, 6) is 0.828. The lowest BCUT2D eigenvalue weighted by atomic mass is 10.0. The maximum atomic E-state index is 5.30. The number of hydrogen-bond donors (Lipinski definition) is 1. The molecule has 2 aromatic rings. The van der Waals surface area contributed by atoms with E-state index in [0.29, 0.717) is 0 Å². The quantitative estimate of drug-likeness (QED) is 0.769. The molecule has 0 bridgehead atoms. The maximum Gasteiger partial charge on any atom is 0.133 e. The summed E-state index contributed by atoms with van der Waals surface area (Å²) in [6, 6.07) is 6.18. The van der Waals surface area contributed by atoms with Crippen LogP contribution in [0.1, 0.15) is 30.6 Å². The number of rotatable bonds is 6. The van der Waals surface area contributed by atoms with Gasteiger partial charge in [0.25, 0.3) is 0 Å². The summed E-state index contributed by atoms with van der Waals surface area (Å²) in [5.41, 5.74) is 2.29. The lowest BCUT2D eigenvalue weighted by molar-refractivity contribution is 0.411. The summed E-state index contributed by atoms with van der Waals surface area (Å²) < 4.78 is 9.30. The number of nitrogens with zero attached hydrogens (tertiary/aromatic N) is 2. The van der Waals surface area contributed by atoms with E-state index in [1.165, 1.54) is 0 Å². The van der Waals surface area contributed by atoms with Gasteiger partial charge in [0.15, 0.2) is 0 Å². The number of hydrogen-bond acceptors (Lipinski definition) is 3. The summed E-state index contributed by atoms with van der Waals surface area (Å²) in [5, 5.41) is 7.82. The Morgan fingerprint density at radius 1 is 1.33 bits per heavy atom. The van der Waals surface area contributed by atoms with Crippen LogP contribution in [0.15, 0.2) is 33.3 Å². The largest absolute Gasteiger partial charge is 0.496 e. The average molecular weight is 417 g/mol. The number of benzene rings is 1. The first-order valence-corrected chi connectivity index (χ1v) is 8.42. The van der Waals surface area contributed by atoms with Gasteiger partial charge in [-0.15, -0.1) is 0 Å². The van der Waals surface area contributed by atoms with Crippen LogP contribution in [0.4, 0.5) is 0 Å². The van der Waals surface area contributed by atoms with Crippen molar-refractivity contribution in [2.45, 2.75) is 25.9 Å². The first-order valence-electron chi connectivity index (χ1n) is 6.84. The average Bonchev–Trinajstić information content (AvgIpc) is 2.82. The van der Waals surface area contributed by atoms with Crippen molar-refractivity contribution in [3.8, 4) is 5.75 Å². The van der Waals surface area contributed by atoms with Gasteiger partial charge in [-0.1, -0.05) is 13.0 Å². The Hall–Kier alpha value is -0.850. The van der Waals surface area contributed by atoms with Crippen LogP contribution in [-0.4, -0.2) is 23.9 Å². The molecule has 114 valence electrons. The molecular weight excluding hydrogens is 398 g/mol. The summed E-state index contributed by atoms with van der Waals surface area (Å²) in [7, 11) is 3.63. The minimum Gasteiger partial charge on any atom is -0.496 e. The van der Waals surface area contributed by atoms with E-state index in [1.54, 1.807) is 7.11 Å². The lowest BCUT2D eigenvalue weighted by Gasteiger charge is -2.20. The zero-order valence-corrected chi connectivity index (χ0v) is 15.5. The predicted octanol–water partition coefficient (Wildman–Crippen LogP) is 4.14. The van der Waals surface area contributed by atoms with Gasteiger partial charge < -0.3 is 10.1 Å². The van der Waals surface area contributed by atoms with Gasteiger partial charge in [0, 0.05) is 6.54 Å². The smallest absolute Gasteiger partial charge is 0.133 e. The van der Waals surface area contributed by atoms with Crippen molar-refractivity contribution in [1.29, 1.82) is 0 Å². The Bertz CT molecular complexity index is 613. The minimum absolute atomic E-state index is 0.0654. The number of ether oxygens (including phenoxy) is 1. The van der Waals surface area contributed by atoms with Crippen molar-refractivity contribution in [1.82, 2.24) is 15.1 Å². The molecule has 21 heavy (non-hydrogen) atoms. The highest BCUT2D eigenvalue weighted by molar-refractivity contribution is 9.10. The molecule has 0 radical (unpaired) electrons. The van der Waals surface area contributed by atoms with Gasteiger partial charge in [-0.25, -0.2) is 0 Å². The van der Waals surface area contributed by atoms with Crippen molar-refractivity contribution < 1.29 is 4.74 Å². The van der Waals surface area contributed by atoms with Crippen LogP contribution in [0, 0.1) is 0 Å².